The molecule has 0 unspecified atom stereocenters. The Morgan fingerprint density at radius 1 is 1.24 bits per heavy atom. The monoisotopic (exact) mass is 290 g/mol. The number of ether oxygens (including phenoxy) is 1. The Hall–Kier alpha value is -2.37. The molecular formula is C15H18N2O4. The summed E-state index contributed by atoms with van der Waals surface area (Å²) in [6, 6.07) is 7.45. The highest BCUT2D eigenvalue weighted by Crippen LogP contribution is 2.21. The normalized spacial score (nSPS) is 10.5. The van der Waals surface area contributed by atoms with E-state index in [-0.39, 0.29) is 6.42 Å². The highest BCUT2D eigenvalue weighted by atomic mass is 16.5. The lowest BCUT2D eigenvalue weighted by molar-refractivity contribution is -0.137. The summed E-state index contributed by atoms with van der Waals surface area (Å²) < 4.78 is 10.9. The Labute approximate surface area is 122 Å². The third kappa shape index (κ3) is 4.59. The van der Waals surface area contributed by atoms with E-state index in [1.54, 1.807) is 0 Å². The Bertz CT molecular complexity index is 578. The predicted molar refractivity (Wildman–Crippen MR) is 76.1 cm³/mol. The highest BCUT2D eigenvalue weighted by molar-refractivity contribution is 5.66. The lowest BCUT2D eigenvalue weighted by Crippen LogP contribution is -1.95. The fraction of sp³-hybridized carbons (Fsp3) is 0.400. The van der Waals surface area contributed by atoms with E-state index in [9.17, 15) is 4.79 Å². The van der Waals surface area contributed by atoms with Crippen LogP contribution in [0, 0.1) is 0 Å². The molecule has 0 bridgehead atoms. The Morgan fingerprint density at radius 3 is 2.67 bits per heavy atom. The van der Waals surface area contributed by atoms with Gasteiger partial charge in [0.15, 0.2) is 0 Å². The number of unbranched alkanes of at least 4 members (excludes halogenated alkanes) is 1. The van der Waals surface area contributed by atoms with Gasteiger partial charge in [-0.2, -0.15) is 0 Å². The Balaban J connectivity index is 1.91. The van der Waals surface area contributed by atoms with Gasteiger partial charge in [-0.15, -0.1) is 10.2 Å². The van der Waals surface area contributed by atoms with Crippen LogP contribution in [-0.4, -0.2) is 27.9 Å². The molecule has 1 N–H and O–H groups in total. The molecule has 0 aliphatic heterocycles. The zero-order chi connectivity index (χ0) is 15.1. The van der Waals surface area contributed by atoms with Crippen LogP contribution in [0.3, 0.4) is 0 Å². The van der Waals surface area contributed by atoms with Gasteiger partial charge in [0.25, 0.3) is 0 Å². The third-order valence-corrected chi connectivity index (χ3v) is 2.91. The zero-order valence-corrected chi connectivity index (χ0v) is 11.9. The summed E-state index contributed by atoms with van der Waals surface area (Å²) in [5, 5.41) is 16.5. The van der Waals surface area contributed by atoms with Crippen molar-refractivity contribution in [3.63, 3.8) is 0 Å². The number of carbonyl (C=O) groups is 1. The molecule has 6 nitrogen and oxygen atoms in total. The molecule has 1 heterocycles. The fourth-order valence-corrected chi connectivity index (χ4v) is 1.88. The van der Waals surface area contributed by atoms with Crippen molar-refractivity contribution in [2.45, 2.75) is 32.6 Å². The molecule has 2 aromatic rings. The molecule has 0 fully saturated rings. The molecule has 0 atom stereocenters. The van der Waals surface area contributed by atoms with Crippen LogP contribution in [0.15, 0.2) is 28.7 Å². The van der Waals surface area contributed by atoms with Gasteiger partial charge in [0.1, 0.15) is 5.75 Å². The van der Waals surface area contributed by atoms with Crippen molar-refractivity contribution in [3.8, 4) is 17.2 Å². The molecule has 6 heteroatoms. The molecule has 1 aromatic carbocycles. The summed E-state index contributed by atoms with van der Waals surface area (Å²) in [5.41, 5.74) is 0.836. The second kappa shape index (κ2) is 7.42. The van der Waals surface area contributed by atoms with Crippen LogP contribution in [0.2, 0.25) is 0 Å². The number of carboxylic acids is 1. The Morgan fingerprint density at radius 2 is 2.00 bits per heavy atom. The van der Waals surface area contributed by atoms with Crippen molar-refractivity contribution in [2.75, 3.05) is 6.61 Å². The van der Waals surface area contributed by atoms with E-state index in [1.807, 2.05) is 31.2 Å². The van der Waals surface area contributed by atoms with Crippen molar-refractivity contribution < 1.29 is 19.1 Å². The molecule has 21 heavy (non-hydrogen) atoms. The van der Waals surface area contributed by atoms with Gasteiger partial charge in [0, 0.05) is 18.4 Å². The van der Waals surface area contributed by atoms with Crippen molar-refractivity contribution in [1.82, 2.24) is 10.2 Å². The summed E-state index contributed by atoms with van der Waals surface area (Å²) in [6.45, 7) is 2.56. The van der Waals surface area contributed by atoms with Crippen molar-refractivity contribution in [3.05, 3.63) is 30.2 Å². The van der Waals surface area contributed by atoms with Gasteiger partial charge in [-0.05, 0) is 44.0 Å². The zero-order valence-electron chi connectivity index (χ0n) is 11.9. The second-order valence-electron chi connectivity index (χ2n) is 4.56. The molecule has 0 spiro atoms. The maximum Gasteiger partial charge on any atom is 0.303 e. The molecule has 0 aliphatic carbocycles. The lowest BCUT2D eigenvalue weighted by atomic mass is 10.2. The average molecular weight is 290 g/mol. The van der Waals surface area contributed by atoms with Crippen LogP contribution in [0.5, 0.6) is 5.75 Å². The quantitative estimate of drug-likeness (QED) is 0.752. The molecule has 0 amide bonds. The SMILES string of the molecule is CCOc1ccc(-c2nnc(CCCCC(=O)O)o2)cc1. The van der Waals surface area contributed by atoms with E-state index in [1.165, 1.54) is 0 Å². The minimum Gasteiger partial charge on any atom is -0.494 e. The van der Waals surface area contributed by atoms with E-state index in [0.29, 0.717) is 31.2 Å². The summed E-state index contributed by atoms with van der Waals surface area (Å²) in [5.74, 6) is 1.01. The smallest absolute Gasteiger partial charge is 0.303 e. The molecule has 2 rings (SSSR count). The van der Waals surface area contributed by atoms with Crippen LogP contribution >= 0.6 is 0 Å². The molecule has 1 aromatic heterocycles. The lowest BCUT2D eigenvalue weighted by Gasteiger charge is -2.02. The van der Waals surface area contributed by atoms with E-state index in [0.717, 1.165) is 17.7 Å². The maximum absolute atomic E-state index is 10.4. The van der Waals surface area contributed by atoms with Crippen molar-refractivity contribution in [1.29, 1.82) is 0 Å². The fourth-order valence-electron chi connectivity index (χ4n) is 1.88. The predicted octanol–water partition coefficient (Wildman–Crippen LogP) is 2.93. The van der Waals surface area contributed by atoms with Gasteiger partial charge in [-0.3, -0.25) is 4.79 Å². The van der Waals surface area contributed by atoms with Crippen molar-refractivity contribution >= 4 is 5.97 Å². The number of rotatable bonds is 8. The van der Waals surface area contributed by atoms with Crippen LogP contribution in [0.4, 0.5) is 0 Å². The first-order valence-electron chi connectivity index (χ1n) is 6.96. The van der Waals surface area contributed by atoms with Gasteiger partial charge in [0.05, 0.1) is 6.61 Å². The summed E-state index contributed by atoms with van der Waals surface area (Å²) in [6.07, 6.45) is 2.09. The van der Waals surface area contributed by atoms with Gasteiger partial charge >= 0.3 is 5.97 Å². The van der Waals surface area contributed by atoms with E-state index in [2.05, 4.69) is 10.2 Å². The summed E-state index contributed by atoms with van der Waals surface area (Å²) in [4.78, 5) is 10.4. The van der Waals surface area contributed by atoms with E-state index < -0.39 is 5.97 Å². The third-order valence-electron chi connectivity index (χ3n) is 2.91. The minimum absolute atomic E-state index is 0.167. The number of nitrogens with zero attached hydrogens (tertiary/aromatic N) is 2. The van der Waals surface area contributed by atoms with Gasteiger partial charge in [0.2, 0.25) is 11.8 Å². The first-order valence-corrected chi connectivity index (χ1v) is 6.96. The van der Waals surface area contributed by atoms with Crippen LogP contribution in [0.1, 0.15) is 32.1 Å². The molecular weight excluding hydrogens is 272 g/mol. The number of hydrogen-bond donors (Lipinski definition) is 1. The average Bonchev–Trinajstić information content (AvgIpc) is 2.93. The van der Waals surface area contributed by atoms with Crippen LogP contribution in [0.25, 0.3) is 11.5 Å². The highest BCUT2D eigenvalue weighted by Gasteiger charge is 2.09. The molecule has 0 saturated heterocycles. The summed E-state index contributed by atoms with van der Waals surface area (Å²) in [7, 11) is 0. The molecule has 0 saturated carbocycles. The molecule has 0 aliphatic rings. The van der Waals surface area contributed by atoms with E-state index >= 15 is 0 Å². The topological polar surface area (TPSA) is 85.5 Å². The maximum atomic E-state index is 10.4. The number of benzene rings is 1. The second-order valence-corrected chi connectivity index (χ2v) is 4.56. The standard InChI is InChI=1S/C15H18N2O4/c1-2-20-12-9-7-11(8-10-12)15-17-16-13(21-15)5-3-4-6-14(18)19/h7-10H,2-6H2,1H3,(H,18,19). The number of aryl methyl sites for hydroxylation is 1. The van der Waals surface area contributed by atoms with E-state index in [4.69, 9.17) is 14.3 Å². The number of aromatic nitrogens is 2. The van der Waals surface area contributed by atoms with Crippen molar-refractivity contribution in [2.24, 2.45) is 0 Å². The van der Waals surface area contributed by atoms with Crippen LogP contribution < -0.4 is 4.74 Å². The minimum atomic E-state index is -0.782. The summed E-state index contributed by atoms with van der Waals surface area (Å²) >= 11 is 0. The molecule has 0 radical (unpaired) electrons. The largest absolute Gasteiger partial charge is 0.494 e. The number of aliphatic carboxylic acids is 1. The van der Waals surface area contributed by atoms with Gasteiger partial charge < -0.3 is 14.3 Å². The number of hydrogen-bond acceptors (Lipinski definition) is 5. The Kier molecular flexibility index (Phi) is 5.31. The van der Waals surface area contributed by atoms with Crippen LogP contribution in [-0.2, 0) is 11.2 Å². The first kappa shape index (κ1) is 15.0. The number of carboxylic acid groups (broad SMARTS) is 1. The van der Waals surface area contributed by atoms with Gasteiger partial charge in [-0.25, -0.2) is 0 Å². The molecule has 112 valence electrons. The van der Waals surface area contributed by atoms with Gasteiger partial charge in [-0.1, -0.05) is 0 Å². The first-order chi connectivity index (χ1) is 10.2.